The quantitative estimate of drug-likeness (QED) is 0.230. The molecule has 3 rings (SSSR count). The first-order valence-corrected chi connectivity index (χ1v) is 11.3. The van der Waals surface area contributed by atoms with Crippen molar-refractivity contribution in [3.63, 3.8) is 0 Å². The molecule has 0 radical (unpaired) electrons. The molecule has 0 spiro atoms. The van der Waals surface area contributed by atoms with Crippen LogP contribution in [0.2, 0.25) is 15.1 Å². The third-order valence-corrected chi connectivity index (χ3v) is 5.80. The number of halogens is 4. The van der Waals surface area contributed by atoms with E-state index in [1.807, 2.05) is 13.0 Å². The summed E-state index contributed by atoms with van der Waals surface area (Å²) in [5.41, 5.74) is 2.86. The number of alkyl halides is 1. The Kier molecular flexibility index (Phi) is 8.06. The van der Waals surface area contributed by atoms with Crippen LogP contribution in [0.15, 0.2) is 60.7 Å². The summed E-state index contributed by atoms with van der Waals surface area (Å²) in [7, 11) is 0. The number of rotatable bonds is 7. The number of carbonyl (C=O) groups is 1. The predicted octanol–water partition coefficient (Wildman–Crippen LogP) is 8.04. The van der Waals surface area contributed by atoms with Gasteiger partial charge in [0.2, 0.25) is 0 Å². The van der Waals surface area contributed by atoms with Gasteiger partial charge in [-0.3, -0.25) is 0 Å². The molecule has 156 valence electrons. The van der Waals surface area contributed by atoms with Crippen molar-refractivity contribution in [2.24, 2.45) is 0 Å². The summed E-state index contributed by atoms with van der Waals surface area (Å²) in [5.74, 6) is 0.156. The zero-order valence-corrected chi connectivity index (χ0v) is 19.9. The lowest BCUT2D eigenvalue weighted by molar-refractivity contribution is 0.0334. The molecule has 0 bridgehead atoms. The van der Waals surface area contributed by atoms with E-state index in [1.54, 1.807) is 54.6 Å². The molecule has 0 fully saturated rings. The van der Waals surface area contributed by atoms with Crippen LogP contribution in [0.3, 0.4) is 0 Å². The minimum Gasteiger partial charge on any atom is -0.489 e. The molecule has 0 heterocycles. The van der Waals surface area contributed by atoms with Gasteiger partial charge in [-0.25, -0.2) is 4.79 Å². The monoisotopic (exact) mass is 526 g/mol. The standard InChI is InChI=1S/C23H18BrCl3O3/c1-14(21-10-18(26)4-2-15(21)12-24)30-23(28)22-11-19(27)5-3-16(22)13-29-20-8-6-17(25)7-9-20/h2-11,14H,12-13H2,1H3. The summed E-state index contributed by atoms with van der Waals surface area (Å²) in [6.07, 6.45) is -0.493. The smallest absolute Gasteiger partial charge is 0.339 e. The first-order valence-electron chi connectivity index (χ1n) is 9.09. The van der Waals surface area contributed by atoms with E-state index in [-0.39, 0.29) is 6.61 Å². The Morgan fingerprint density at radius 3 is 2.17 bits per heavy atom. The largest absolute Gasteiger partial charge is 0.489 e. The van der Waals surface area contributed by atoms with E-state index in [2.05, 4.69) is 15.9 Å². The molecular weight excluding hydrogens is 511 g/mol. The number of esters is 1. The fraction of sp³-hybridized carbons (Fsp3) is 0.174. The molecule has 1 unspecified atom stereocenters. The lowest BCUT2D eigenvalue weighted by Crippen LogP contribution is -2.13. The molecule has 3 aromatic rings. The summed E-state index contributed by atoms with van der Waals surface area (Å²) in [6, 6.07) is 17.6. The minimum atomic E-state index is -0.493. The third kappa shape index (κ3) is 5.92. The molecule has 7 heteroatoms. The van der Waals surface area contributed by atoms with Crippen molar-refractivity contribution < 1.29 is 14.3 Å². The van der Waals surface area contributed by atoms with Gasteiger partial charge in [0.25, 0.3) is 0 Å². The summed E-state index contributed by atoms with van der Waals surface area (Å²) < 4.78 is 11.5. The number of ether oxygens (including phenoxy) is 2. The van der Waals surface area contributed by atoms with Crippen molar-refractivity contribution in [3.8, 4) is 5.75 Å². The summed E-state index contributed by atoms with van der Waals surface area (Å²) in [4.78, 5) is 12.9. The van der Waals surface area contributed by atoms with Gasteiger partial charge in [-0.05, 0) is 66.6 Å². The van der Waals surface area contributed by atoms with Crippen molar-refractivity contribution in [2.45, 2.75) is 25.0 Å². The Morgan fingerprint density at radius 1 is 0.900 bits per heavy atom. The zero-order chi connectivity index (χ0) is 21.7. The van der Waals surface area contributed by atoms with E-state index in [0.717, 1.165) is 11.1 Å². The number of carbonyl (C=O) groups excluding carboxylic acids is 1. The minimum absolute atomic E-state index is 0.182. The van der Waals surface area contributed by atoms with Crippen molar-refractivity contribution in [3.05, 3.63) is 98.0 Å². The van der Waals surface area contributed by atoms with E-state index < -0.39 is 12.1 Å². The maximum Gasteiger partial charge on any atom is 0.339 e. The summed E-state index contributed by atoms with van der Waals surface area (Å²) in [6.45, 7) is 1.99. The fourth-order valence-corrected chi connectivity index (χ4v) is 3.90. The molecule has 0 saturated heterocycles. The van der Waals surface area contributed by atoms with Gasteiger partial charge in [0.05, 0.1) is 5.56 Å². The average Bonchev–Trinajstić information content (AvgIpc) is 2.73. The zero-order valence-electron chi connectivity index (χ0n) is 16.0. The lowest BCUT2D eigenvalue weighted by Gasteiger charge is -2.18. The van der Waals surface area contributed by atoms with Crippen LogP contribution in [0.5, 0.6) is 5.75 Å². The highest BCUT2D eigenvalue weighted by Crippen LogP contribution is 2.28. The highest BCUT2D eigenvalue weighted by molar-refractivity contribution is 9.08. The van der Waals surface area contributed by atoms with Crippen molar-refractivity contribution in [1.29, 1.82) is 0 Å². The Labute approximate surface area is 199 Å². The number of hydrogen-bond donors (Lipinski definition) is 0. The van der Waals surface area contributed by atoms with Crippen LogP contribution in [0.1, 0.15) is 40.1 Å². The van der Waals surface area contributed by atoms with Crippen molar-refractivity contribution in [2.75, 3.05) is 0 Å². The van der Waals surface area contributed by atoms with E-state index in [1.165, 1.54) is 0 Å². The predicted molar refractivity (Wildman–Crippen MR) is 125 cm³/mol. The third-order valence-electron chi connectivity index (χ3n) is 4.47. The Balaban J connectivity index is 1.79. The molecule has 1 atom stereocenters. The van der Waals surface area contributed by atoms with Gasteiger partial charge in [0.1, 0.15) is 18.5 Å². The van der Waals surface area contributed by atoms with Gasteiger partial charge >= 0.3 is 5.97 Å². The van der Waals surface area contributed by atoms with E-state index in [0.29, 0.717) is 37.3 Å². The molecule has 0 aliphatic rings. The SMILES string of the molecule is CC(OC(=O)c1cc(Cl)ccc1COc1ccc(Cl)cc1)c1cc(Cl)ccc1CBr. The molecule has 0 amide bonds. The fourth-order valence-electron chi connectivity index (χ4n) is 2.91. The normalized spacial score (nSPS) is 11.8. The molecular formula is C23H18BrCl3O3. The molecule has 3 nitrogen and oxygen atoms in total. The van der Waals surface area contributed by atoms with Gasteiger partial charge in [0, 0.05) is 26.0 Å². The van der Waals surface area contributed by atoms with Gasteiger partial charge in [0.15, 0.2) is 0 Å². The summed E-state index contributed by atoms with van der Waals surface area (Å²) in [5, 5.41) is 2.26. The van der Waals surface area contributed by atoms with Crippen LogP contribution in [0, 0.1) is 0 Å². The van der Waals surface area contributed by atoms with E-state index in [4.69, 9.17) is 44.3 Å². The molecule has 30 heavy (non-hydrogen) atoms. The van der Waals surface area contributed by atoms with Crippen molar-refractivity contribution in [1.82, 2.24) is 0 Å². The Bertz CT molecular complexity index is 1040. The highest BCUT2D eigenvalue weighted by Gasteiger charge is 2.20. The highest BCUT2D eigenvalue weighted by atomic mass is 79.9. The van der Waals surface area contributed by atoms with Crippen molar-refractivity contribution >= 4 is 56.7 Å². The molecule has 0 saturated carbocycles. The van der Waals surface area contributed by atoms with Gasteiger partial charge in [-0.15, -0.1) is 0 Å². The second-order valence-electron chi connectivity index (χ2n) is 6.57. The number of hydrogen-bond acceptors (Lipinski definition) is 3. The van der Waals surface area contributed by atoms with Gasteiger partial charge in [-0.2, -0.15) is 0 Å². The van der Waals surface area contributed by atoms with E-state index >= 15 is 0 Å². The lowest BCUT2D eigenvalue weighted by atomic mass is 10.0. The maximum atomic E-state index is 12.9. The number of benzene rings is 3. The average molecular weight is 529 g/mol. The maximum absolute atomic E-state index is 12.9. The van der Waals surface area contributed by atoms with E-state index in [9.17, 15) is 4.79 Å². The first kappa shape index (κ1) is 23.0. The van der Waals surface area contributed by atoms with Gasteiger partial charge in [-0.1, -0.05) is 62.9 Å². The molecule has 0 aliphatic carbocycles. The van der Waals surface area contributed by atoms with Crippen LogP contribution in [0.25, 0.3) is 0 Å². The second kappa shape index (κ2) is 10.5. The molecule has 0 aromatic heterocycles. The molecule has 0 aliphatic heterocycles. The summed E-state index contributed by atoms with van der Waals surface area (Å²) >= 11 is 21.6. The topological polar surface area (TPSA) is 35.5 Å². The van der Waals surface area contributed by atoms with Crippen LogP contribution in [0.4, 0.5) is 0 Å². The van der Waals surface area contributed by atoms with Gasteiger partial charge < -0.3 is 9.47 Å². The molecule has 0 N–H and O–H groups in total. The molecule has 3 aromatic carbocycles. The van der Waals surface area contributed by atoms with Crippen LogP contribution >= 0.6 is 50.7 Å². The Hall–Kier alpha value is -1.72. The first-order chi connectivity index (χ1) is 14.4. The second-order valence-corrected chi connectivity index (χ2v) is 8.44. The van der Waals surface area contributed by atoms with Crippen LogP contribution in [-0.4, -0.2) is 5.97 Å². The Morgan fingerprint density at radius 2 is 1.50 bits per heavy atom. The van der Waals surface area contributed by atoms with Crippen LogP contribution < -0.4 is 4.74 Å². The van der Waals surface area contributed by atoms with Crippen LogP contribution in [-0.2, 0) is 16.7 Å².